The predicted octanol–water partition coefficient (Wildman–Crippen LogP) is 5.33. The van der Waals surface area contributed by atoms with Crippen molar-refractivity contribution in [1.29, 1.82) is 0 Å². The van der Waals surface area contributed by atoms with E-state index in [1.54, 1.807) is 7.11 Å². The molecule has 0 radical (unpaired) electrons. The largest absolute Gasteiger partial charge is 0.497 e. The summed E-state index contributed by atoms with van der Waals surface area (Å²) in [6.45, 7) is 3.67. The van der Waals surface area contributed by atoms with Crippen LogP contribution in [-0.2, 0) is 6.42 Å². The minimum atomic E-state index is 0.311. The molecule has 0 aliphatic heterocycles. The Morgan fingerprint density at radius 3 is 2.12 bits per heavy atom. The molecular formula is C23H33NO2. The summed E-state index contributed by atoms with van der Waals surface area (Å²) in [5.41, 5.74) is 8.55. The number of hydrogen-bond acceptors (Lipinski definition) is 3. The molecule has 142 valence electrons. The van der Waals surface area contributed by atoms with Gasteiger partial charge in [-0.05, 0) is 54.8 Å². The maximum absolute atomic E-state index is 6.01. The van der Waals surface area contributed by atoms with Crippen molar-refractivity contribution in [2.75, 3.05) is 20.3 Å². The highest BCUT2D eigenvalue weighted by atomic mass is 16.5. The molecule has 0 amide bonds. The van der Waals surface area contributed by atoms with E-state index >= 15 is 0 Å². The van der Waals surface area contributed by atoms with Crippen molar-refractivity contribution in [2.24, 2.45) is 5.73 Å². The number of nitrogens with two attached hydrogens (primary N) is 1. The molecule has 0 heterocycles. The fourth-order valence-corrected chi connectivity index (χ4v) is 3.12. The summed E-state index contributed by atoms with van der Waals surface area (Å²) >= 11 is 0. The van der Waals surface area contributed by atoms with Gasteiger partial charge in [-0.2, -0.15) is 0 Å². The Hall–Kier alpha value is -2.00. The smallest absolute Gasteiger partial charge is 0.119 e. The topological polar surface area (TPSA) is 44.5 Å². The van der Waals surface area contributed by atoms with Gasteiger partial charge in [0.05, 0.1) is 13.7 Å². The van der Waals surface area contributed by atoms with Crippen molar-refractivity contribution >= 4 is 0 Å². The van der Waals surface area contributed by atoms with E-state index in [0.717, 1.165) is 30.9 Å². The summed E-state index contributed by atoms with van der Waals surface area (Å²) < 4.78 is 11.1. The molecule has 2 aromatic rings. The molecule has 0 saturated heterocycles. The summed E-state index contributed by atoms with van der Waals surface area (Å²) in [4.78, 5) is 0. The Bertz CT molecular complexity index is 607. The molecule has 3 nitrogen and oxygen atoms in total. The molecule has 0 fully saturated rings. The maximum atomic E-state index is 6.01. The molecule has 0 bridgehead atoms. The van der Waals surface area contributed by atoms with Crippen LogP contribution in [-0.4, -0.2) is 20.3 Å². The first-order chi connectivity index (χ1) is 12.8. The fourth-order valence-electron chi connectivity index (χ4n) is 3.12. The predicted molar refractivity (Wildman–Crippen MR) is 109 cm³/mol. The lowest BCUT2D eigenvalue weighted by molar-refractivity contribution is 0.304. The van der Waals surface area contributed by atoms with Crippen LogP contribution in [0.15, 0.2) is 48.5 Å². The Kier molecular flexibility index (Phi) is 9.05. The number of unbranched alkanes of at least 4 members (excludes halogenated alkanes) is 4. The van der Waals surface area contributed by atoms with E-state index in [4.69, 9.17) is 15.2 Å². The highest BCUT2D eigenvalue weighted by molar-refractivity contribution is 5.32. The summed E-state index contributed by atoms with van der Waals surface area (Å²) in [5, 5.41) is 0. The third kappa shape index (κ3) is 6.72. The first kappa shape index (κ1) is 20.3. The lowest BCUT2D eigenvalue weighted by Crippen LogP contribution is -2.15. The molecule has 2 N–H and O–H groups in total. The first-order valence-corrected chi connectivity index (χ1v) is 9.82. The van der Waals surface area contributed by atoms with E-state index in [2.05, 4.69) is 43.3 Å². The molecule has 26 heavy (non-hydrogen) atoms. The van der Waals surface area contributed by atoms with Crippen LogP contribution in [0.4, 0.5) is 0 Å². The van der Waals surface area contributed by atoms with Gasteiger partial charge in [-0.3, -0.25) is 0 Å². The standard InChI is InChI=1S/C23H33NO2/c1-3-4-5-6-7-16-26-23-12-8-19(9-13-23)17-21(18-24)20-10-14-22(25-2)15-11-20/h8-15,21H,3-7,16-18,24H2,1-2H3. The number of ether oxygens (including phenoxy) is 2. The number of hydrogen-bond donors (Lipinski definition) is 1. The maximum Gasteiger partial charge on any atom is 0.119 e. The lowest BCUT2D eigenvalue weighted by Gasteiger charge is -2.16. The Labute approximate surface area is 158 Å². The van der Waals surface area contributed by atoms with Crippen LogP contribution in [0.25, 0.3) is 0 Å². The van der Waals surface area contributed by atoms with Gasteiger partial charge in [0, 0.05) is 5.92 Å². The van der Waals surface area contributed by atoms with Gasteiger partial charge in [-0.1, -0.05) is 56.9 Å². The second-order valence-corrected chi connectivity index (χ2v) is 6.82. The number of rotatable bonds is 12. The van der Waals surface area contributed by atoms with Crippen LogP contribution in [0.5, 0.6) is 11.5 Å². The fraction of sp³-hybridized carbons (Fsp3) is 0.478. The Morgan fingerprint density at radius 1 is 0.846 bits per heavy atom. The SMILES string of the molecule is CCCCCCCOc1ccc(CC(CN)c2ccc(OC)cc2)cc1. The van der Waals surface area contributed by atoms with Crippen LogP contribution in [0.3, 0.4) is 0 Å². The second kappa shape index (κ2) is 11.6. The normalized spacial score (nSPS) is 12.0. The summed E-state index contributed by atoms with van der Waals surface area (Å²) in [6, 6.07) is 16.6. The van der Waals surface area contributed by atoms with E-state index in [9.17, 15) is 0 Å². The van der Waals surface area contributed by atoms with Crippen LogP contribution >= 0.6 is 0 Å². The lowest BCUT2D eigenvalue weighted by atomic mass is 9.92. The minimum absolute atomic E-state index is 0.311. The molecule has 0 aliphatic rings. The van der Waals surface area contributed by atoms with Gasteiger partial charge in [-0.25, -0.2) is 0 Å². The van der Waals surface area contributed by atoms with Crippen LogP contribution in [0, 0.1) is 0 Å². The van der Waals surface area contributed by atoms with Gasteiger partial charge in [0.15, 0.2) is 0 Å². The van der Waals surface area contributed by atoms with Crippen molar-refractivity contribution in [2.45, 2.75) is 51.4 Å². The van der Waals surface area contributed by atoms with Crippen LogP contribution in [0.2, 0.25) is 0 Å². The Morgan fingerprint density at radius 2 is 1.50 bits per heavy atom. The van der Waals surface area contributed by atoms with E-state index in [1.165, 1.54) is 36.8 Å². The quantitative estimate of drug-likeness (QED) is 0.523. The van der Waals surface area contributed by atoms with Crippen molar-refractivity contribution in [1.82, 2.24) is 0 Å². The van der Waals surface area contributed by atoms with Gasteiger partial charge in [0.1, 0.15) is 11.5 Å². The zero-order valence-corrected chi connectivity index (χ0v) is 16.2. The van der Waals surface area contributed by atoms with Crippen molar-refractivity contribution in [3.63, 3.8) is 0 Å². The molecule has 0 aromatic heterocycles. The average molecular weight is 356 g/mol. The molecule has 0 aliphatic carbocycles. The average Bonchev–Trinajstić information content (AvgIpc) is 2.70. The summed E-state index contributed by atoms with van der Waals surface area (Å²) in [6.07, 6.45) is 7.24. The monoisotopic (exact) mass is 355 g/mol. The zero-order valence-electron chi connectivity index (χ0n) is 16.2. The van der Waals surface area contributed by atoms with Crippen molar-refractivity contribution < 1.29 is 9.47 Å². The minimum Gasteiger partial charge on any atom is -0.497 e. The van der Waals surface area contributed by atoms with Gasteiger partial charge in [-0.15, -0.1) is 0 Å². The van der Waals surface area contributed by atoms with Gasteiger partial charge >= 0.3 is 0 Å². The number of benzene rings is 2. The van der Waals surface area contributed by atoms with E-state index in [-0.39, 0.29) is 0 Å². The van der Waals surface area contributed by atoms with E-state index < -0.39 is 0 Å². The van der Waals surface area contributed by atoms with Crippen molar-refractivity contribution in [3.05, 3.63) is 59.7 Å². The molecule has 2 aromatic carbocycles. The highest BCUT2D eigenvalue weighted by Crippen LogP contribution is 2.23. The molecule has 1 unspecified atom stereocenters. The van der Waals surface area contributed by atoms with Gasteiger partial charge in [0.25, 0.3) is 0 Å². The third-order valence-electron chi connectivity index (χ3n) is 4.79. The third-order valence-corrected chi connectivity index (χ3v) is 4.79. The highest BCUT2D eigenvalue weighted by Gasteiger charge is 2.11. The summed E-state index contributed by atoms with van der Waals surface area (Å²) in [7, 11) is 1.68. The van der Waals surface area contributed by atoms with Crippen molar-refractivity contribution in [3.8, 4) is 11.5 Å². The van der Waals surface area contributed by atoms with Gasteiger partial charge in [0.2, 0.25) is 0 Å². The van der Waals surface area contributed by atoms with Gasteiger partial charge < -0.3 is 15.2 Å². The summed E-state index contributed by atoms with van der Waals surface area (Å²) in [5.74, 6) is 2.14. The molecule has 1 atom stereocenters. The molecule has 0 saturated carbocycles. The molecular weight excluding hydrogens is 322 g/mol. The van der Waals surface area contributed by atoms with Crippen LogP contribution < -0.4 is 15.2 Å². The second-order valence-electron chi connectivity index (χ2n) is 6.82. The molecule has 3 heteroatoms. The zero-order chi connectivity index (χ0) is 18.6. The first-order valence-electron chi connectivity index (χ1n) is 9.82. The Balaban J connectivity index is 1.82. The van der Waals surface area contributed by atoms with E-state index in [0.29, 0.717) is 12.5 Å². The number of methoxy groups -OCH3 is 1. The van der Waals surface area contributed by atoms with Crippen LogP contribution in [0.1, 0.15) is 56.1 Å². The van der Waals surface area contributed by atoms with E-state index in [1.807, 2.05) is 12.1 Å². The molecule has 0 spiro atoms. The molecule has 2 rings (SSSR count).